The Hall–Kier alpha value is -2.80. The van der Waals surface area contributed by atoms with E-state index in [1.54, 1.807) is 41.4 Å². The molecule has 0 N–H and O–H groups in total. The Morgan fingerprint density at radius 2 is 1.88 bits per heavy atom. The SMILES string of the molecule is CN(CCc1ccncc1)C(=O)c1cc(C(=O)N2CCOCC2)ccn1. The Labute approximate surface area is 152 Å². The standard InChI is InChI=1S/C19H22N4O3/c1-22(9-5-15-2-6-20-7-3-15)19(25)17-14-16(4-8-21-17)18(24)23-10-12-26-13-11-23/h2-4,6-8,14H,5,9-13H2,1H3. The van der Waals surface area contributed by atoms with E-state index in [0.717, 1.165) is 12.0 Å². The van der Waals surface area contributed by atoms with Gasteiger partial charge in [-0.05, 0) is 36.2 Å². The van der Waals surface area contributed by atoms with Gasteiger partial charge in [0, 0.05) is 50.8 Å². The minimum atomic E-state index is -0.198. The lowest BCUT2D eigenvalue weighted by Gasteiger charge is -2.27. The topological polar surface area (TPSA) is 75.6 Å². The molecule has 0 spiro atoms. The van der Waals surface area contributed by atoms with Crippen molar-refractivity contribution in [2.45, 2.75) is 6.42 Å². The van der Waals surface area contributed by atoms with Crippen molar-refractivity contribution in [3.63, 3.8) is 0 Å². The molecular formula is C19H22N4O3. The van der Waals surface area contributed by atoms with E-state index in [0.29, 0.717) is 38.4 Å². The zero-order valence-electron chi connectivity index (χ0n) is 14.8. The van der Waals surface area contributed by atoms with Gasteiger partial charge in [-0.3, -0.25) is 19.6 Å². The smallest absolute Gasteiger partial charge is 0.272 e. The number of morpholine rings is 1. The molecule has 2 aromatic heterocycles. The van der Waals surface area contributed by atoms with Gasteiger partial charge in [0.15, 0.2) is 0 Å². The van der Waals surface area contributed by atoms with Gasteiger partial charge in [-0.15, -0.1) is 0 Å². The van der Waals surface area contributed by atoms with Gasteiger partial charge in [0.1, 0.15) is 5.69 Å². The molecule has 3 heterocycles. The molecular weight excluding hydrogens is 332 g/mol. The van der Waals surface area contributed by atoms with Crippen LogP contribution in [0.3, 0.4) is 0 Å². The third kappa shape index (κ3) is 4.43. The summed E-state index contributed by atoms with van der Waals surface area (Å²) in [6.45, 7) is 2.78. The number of likely N-dealkylation sites (N-methyl/N-ethyl adjacent to an activating group) is 1. The first-order chi connectivity index (χ1) is 12.6. The van der Waals surface area contributed by atoms with Gasteiger partial charge < -0.3 is 14.5 Å². The quantitative estimate of drug-likeness (QED) is 0.808. The maximum atomic E-state index is 12.6. The van der Waals surface area contributed by atoms with Crippen LogP contribution in [0.2, 0.25) is 0 Å². The highest BCUT2D eigenvalue weighted by Gasteiger charge is 2.21. The van der Waals surface area contributed by atoms with Crippen LogP contribution in [0.15, 0.2) is 42.9 Å². The third-order valence-electron chi connectivity index (χ3n) is 4.36. The van der Waals surface area contributed by atoms with E-state index in [4.69, 9.17) is 4.74 Å². The highest BCUT2D eigenvalue weighted by atomic mass is 16.5. The molecule has 0 aromatic carbocycles. The summed E-state index contributed by atoms with van der Waals surface area (Å²) in [7, 11) is 1.74. The minimum absolute atomic E-state index is 0.0933. The lowest BCUT2D eigenvalue weighted by Crippen LogP contribution is -2.40. The Bertz CT molecular complexity index is 760. The van der Waals surface area contributed by atoms with E-state index < -0.39 is 0 Å². The summed E-state index contributed by atoms with van der Waals surface area (Å²) in [5.74, 6) is -0.292. The molecule has 0 aliphatic carbocycles. The monoisotopic (exact) mass is 354 g/mol. The summed E-state index contributed by atoms with van der Waals surface area (Å²) in [5.41, 5.74) is 1.87. The highest BCUT2D eigenvalue weighted by Crippen LogP contribution is 2.10. The average molecular weight is 354 g/mol. The van der Waals surface area contributed by atoms with Crippen molar-refractivity contribution in [3.05, 3.63) is 59.7 Å². The van der Waals surface area contributed by atoms with Crippen LogP contribution >= 0.6 is 0 Å². The highest BCUT2D eigenvalue weighted by molar-refractivity contribution is 5.98. The number of ether oxygens (including phenoxy) is 1. The van der Waals surface area contributed by atoms with Crippen LogP contribution in [-0.2, 0) is 11.2 Å². The minimum Gasteiger partial charge on any atom is -0.378 e. The zero-order valence-corrected chi connectivity index (χ0v) is 14.8. The van der Waals surface area contributed by atoms with Crippen LogP contribution in [-0.4, -0.2) is 71.5 Å². The Kier molecular flexibility index (Phi) is 5.91. The molecule has 7 heteroatoms. The van der Waals surface area contributed by atoms with E-state index in [2.05, 4.69) is 9.97 Å². The van der Waals surface area contributed by atoms with E-state index in [-0.39, 0.29) is 17.5 Å². The average Bonchev–Trinajstić information content (AvgIpc) is 2.72. The fourth-order valence-corrected chi connectivity index (χ4v) is 2.77. The number of carbonyl (C=O) groups is 2. The molecule has 7 nitrogen and oxygen atoms in total. The molecule has 1 saturated heterocycles. The van der Waals surface area contributed by atoms with Crippen LogP contribution in [0.25, 0.3) is 0 Å². The number of pyridine rings is 2. The number of nitrogens with zero attached hydrogens (tertiary/aromatic N) is 4. The molecule has 1 aliphatic heterocycles. The van der Waals surface area contributed by atoms with Crippen molar-refractivity contribution in [1.82, 2.24) is 19.8 Å². The number of rotatable bonds is 5. The van der Waals surface area contributed by atoms with Crippen LogP contribution in [0.4, 0.5) is 0 Å². The largest absolute Gasteiger partial charge is 0.378 e. The fraction of sp³-hybridized carbons (Fsp3) is 0.368. The lowest BCUT2D eigenvalue weighted by atomic mass is 10.1. The number of aromatic nitrogens is 2. The number of hydrogen-bond acceptors (Lipinski definition) is 5. The summed E-state index contributed by atoms with van der Waals surface area (Å²) in [5, 5.41) is 0. The molecule has 0 atom stereocenters. The molecule has 2 aromatic rings. The molecule has 2 amide bonds. The molecule has 136 valence electrons. The maximum Gasteiger partial charge on any atom is 0.272 e. The Morgan fingerprint density at radius 3 is 2.62 bits per heavy atom. The second kappa shape index (κ2) is 8.53. The molecule has 1 aliphatic rings. The first kappa shape index (κ1) is 18.0. The molecule has 0 radical (unpaired) electrons. The van der Waals surface area contributed by atoms with E-state index in [1.165, 1.54) is 6.20 Å². The Balaban J connectivity index is 1.64. The van der Waals surface area contributed by atoms with E-state index >= 15 is 0 Å². The second-order valence-electron chi connectivity index (χ2n) is 6.17. The van der Waals surface area contributed by atoms with Crippen molar-refractivity contribution in [3.8, 4) is 0 Å². The van der Waals surface area contributed by atoms with Crippen LogP contribution in [0.1, 0.15) is 26.4 Å². The van der Waals surface area contributed by atoms with Gasteiger partial charge in [-0.25, -0.2) is 0 Å². The van der Waals surface area contributed by atoms with Gasteiger partial charge in [-0.1, -0.05) is 0 Å². The van der Waals surface area contributed by atoms with E-state index in [9.17, 15) is 9.59 Å². The normalized spacial score (nSPS) is 14.1. The van der Waals surface area contributed by atoms with Gasteiger partial charge in [0.05, 0.1) is 13.2 Å². The van der Waals surface area contributed by atoms with Gasteiger partial charge in [-0.2, -0.15) is 0 Å². The summed E-state index contributed by atoms with van der Waals surface area (Å²) in [6.07, 6.45) is 5.72. The second-order valence-corrected chi connectivity index (χ2v) is 6.17. The Morgan fingerprint density at radius 1 is 1.15 bits per heavy atom. The molecule has 0 saturated carbocycles. The molecule has 26 heavy (non-hydrogen) atoms. The fourth-order valence-electron chi connectivity index (χ4n) is 2.77. The van der Waals surface area contributed by atoms with Crippen molar-refractivity contribution < 1.29 is 14.3 Å². The van der Waals surface area contributed by atoms with Crippen LogP contribution in [0, 0.1) is 0 Å². The summed E-state index contributed by atoms with van der Waals surface area (Å²) < 4.78 is 5.27. The van der Waals surface area contributed by atoms with Gasteiger partial charge in [0.25, 0.3) is 11.8 Å². The van der Waals surface area contributed by atoms with Crippen LogP contribution in [0.5, 0.6) is 0 Å². The van der Waals surface area contributed by atoms with Crippen molar-refractivity contribution in [1.29, 1.82) is 0 Å². The van der Waals surface area contributed by atoms with Gasteiger partial charge >= 0.3 is 0 Å². The first-order valence-electron chi connectivity index (χ1n) is 8.62. The molecule has 0 bridgehead atoms. The number of hydrogen-bond donors (Lipinski definition) is 0. The van der Waals surface area contributed by atoms with E-state index in [1.807, 2.05) is 12.1 Å². The predicted octanol–water partition coefficient (Wildman–Crippen LogP) is 1.26. The molecule has 1 fully saturated rings. The van der Waals surface area contributed by atoms with Crippen molar-refractivity contribution in [2.24, 2.45) is 0 Å². The zero-order chi connectivity index (χ0) is 18.4. The maximum absolute atomic E-state index is 12.6. The summed E-state index contributed by atoms with van der Waals surface area (Å²) in [4.78, 5) is 36.7. The van der Waals surface area contributed by atoms with Crippen molar-refractivity contribution in [2.75, 3.05) is 39.9 Å². The third-order valence-corrected chi connectivity index (χ3v) is 4.36. The summed E-state index contributed by atoms with van der Waals surface area (Å²) >= 11 is 0. The molecule has 3 rings (SSSR count). The molecule has 0 unspecified atom stereocenters. The van der Waals surface area contributed by atoms with Gasteiger partial charge in [0.2, 0.25) is 0 Å². The predicted molar refractivity (Wildman–Crippen MR) is 95.9 cm³/mol. The number of amides is 2. The van der Waals surface area contributed by atoms with Crippen LogP contribution < -0.4 is 0 Å². The first-order valence-corrected chi connectivity index (χ1v) is 8.62. The summed E-state index contributed by atoms with van der Waals surface area (Å²) in [6, 6.07) is 7.07. The van der Waals surface area contributed by atoms with Crippen molar-refractivity contribution >= 4 is 11.8 Å². The lowest BCUT2D eigenvalue weighted by molar-refractivity contribution is 0.0303. The number of carbonyl (C=O) groups excluding carboxylic acids is 2.